The number of nitrogens with zero attached hydrogens (tertiary/aromatic N) is 4. The van der Waals surface area contributed by atoms with E-state index in [0.717, 1.165) is 5.56 Å². The van der Waals surface area contributed by atoms with Crippen LogP contribution in [0.4, 0.5) is 9.59 Å². The summed E-state index contributed by atoms with van der Waals surface area (Å²) >= 11 is 0. The molecule has 0 bridgehead atoms. The highest BCUT2D eigenvalue weighted by Gasteiger charge is 2.71. The zero-order valence-electron chi connectivity index (χ0n) is 53.3. The summed E-state index contributed by atoms with van der Waals surface area (Å²) in [5, 5.41) is 21.5. The molecule has 5 N–H and O–H groups in total. The average molecular weight is 1160 g/mol. The van der Waals surface area contributed by atoms with E-state index >= 15 is 0 Å². The molecule has 10 amide bonds. The van der Waals surface area contributed by atoms with Crippen molar-refractivity contribution in [2.24, 2.45) is 67.0 Å². The Morgan fingerprint density at radius 2 is 0.867 bits per heavy atom. The first-order valence-corrected chi connectivity index (χ1v) is 29.6. The van der Waals surface area contributed by atoms with E-state index in [-0.39, 0.29) is 109 Å². The third kappa shape index (κ3) is 14.9. The van der Waals surface area contributed by atoms with Crippen molar-refractivity contribution in [3.05, 3.63) is 35.9 Å². The fourth-order valence-electron chi connectivity index (χ4n) is 12.9. The molecule has 4 saturated heterocycles. The van der Waals surface area contributed by atoms with Crippen molar-refractivity contribution in [3.8, 4) is 0 Å². The molecule has 1 aromatic carbocycles. The number of carboxylic acids is 1. The van der Waals surface area contributed by atoms with E-state index in [9.17, 15) is 53.1 Å². The minimum Gasteiger partial charge on any atom is -0.480 e. The molecule has 462 valence electrons. The Hall–Kier alpha value is -6.08. The summed E-state index contributed by atoms with van der Waals surface area (Å²) in [6, 6.07) is 3.55. The Labute approximate surface area is 492 Å². The fourth-order valence-corrected chi connectivity index (χ4v) is 12.9. The molecule has 7 rings (SSSR count). The van der Waals surface area contributed by atoms with Crippen LogP contribution in [0.15, 0.2) is 30.3 Å². The van der Waals surface area contributed by atoms with Gasteiger partial charge in [0, 0.05) is 63.7 Å². The maximum absolute atomic E-state index is 14.2. The van der Waals surface area contributed by atoms with Crippen LogP contribution >= 0.6 is 0 Å². The van der Waals surface area contributed by atoms with Gasteiger partial charge in [-0.1, -0.05) is 169 Å². The molecule has 0 radical (unpaired) electrons. The minimum atomic E-state index is -1.03. The SMILES string of the molecule is CC1(C)CC(=O)N(C[C@@H](NC(=O)N[C@H](C(=O)N2C[C@H]3[C@@H](C2C(=O)O)C3(C)C)C(C)(C)C)C(C)(C)C)C(=O)C1.CC1(C)CC(=O)N(C[C@@H](NC(=O)N[C@H](C(=O)N2C[C@H]3[C@@H](C2C(=O)OCc2ccccc2)C3(C)C)C(C)(C)C)C(C)(C)C)C(=O)C1. The smallest absolute Gasteiger partial charge is 0.329 e. The number of aliphatic carboxylic acids is 1. The summed E-state index contributed by atoms with van der Waals surface area (Å²) in [5.74, 6) is -3.08. The second kappa shape index (κ2) is 23.1. The summed E-state index contributed by atoms with van der Waals surface area (Å²) in [4.78, 5) is 137. The molecule has 20 nitrogen and oxygen atoms in total. The highest BCUT2D eigenvalue weighted by Crippen LogP contribution is 2.66. The minimum absolute atomic E-state index is 0.0194. The van der Waals surface area contributed by atoms with Crippen LogP contribution in [0.2, 0.25) is 0 Å². The Balaban J connectivity index is 0.000000271. The maximum atomic E-state index is 14.2. The molecule has 2 aliphatic carbocycles. The van der Waals surface area contributed by atoms with Gasteiger partial charge < -0.3 is 40.9 Å². The summed E-state index contributed by atoms with van der Waals surface area (Å²) in [7, 11) is 0. The first-order valence-electron chi connectivity index (χ1n) is 29.6. The quantitative estimate of drug-likeness (QED) is 0.0903. The van der Waals surface area contributed by atoms with Crippen molar-refractivity contribution in [2.75, 3.05) is 26.2 Å². The number of piperidine rings is 4. The molecule has 2 saturated carbocycles. The Morgan fingerprint density at radius 3 is 1.19 bits per heavy atom. The predicted molar refractivity (Wildman–Crippen MR) is 312 cm³/mol. The molecule has 83 heavy (non-hydrogen) atoms. The van der Waals surface area contributed by atoms with E-state index in [4.69, 9.17) is 4.74 Å². The van der Waals surface area contributed by atoms with E-state index in [0.29, 0.717) is 13.1 Å². The average Bonchev–Trinajstić information content (AvgIpc) is 2.01. The molecular formula is C63H98N8O12. The molecule has 6 aliphatic rings. The molecule has 4 aliphatic heterocycles. The van der Waals surface area contributed by atoms with Crippen molar-refractivity contribution in [2.45, 2.75) is 207 Å². The largest absolute Gasteiger partial charge is 0.480 e. The highest BCUT2D eigenvalue weighted by molar-refractivity contribution is 5.99. The van der Waals surface area contributed by atoms with Crippen molar-refractivity contribution < 1.29 is 57.8 Å². The monoisotopic (exact) mass is 1160 g/mol. The Morgan fingerprint density at radius 1 is 0.530 bits per heavy atom. The molecule has 2 unspecified atom stereocenters. The van der Waals surface area contributed by atoms with Crippen LogP contribution in [0.3, 0.4) is 0 Å². The summed E-state index contributed by atoms with van der Waals surface area (Å²) in [5.41, 5.74) is -2.52. The Kier molecular flexibility index (Phi) is 18.4. The van der Waals surface area contributed by atoms with Crippen LogP contribution in [0.25, 0.3) is 0 Å². The van der Waals surface area contributed by atoms with Gasteiger partial charge in [0.05, 0.1) is 12.1 Å². The number of hydrogen-bond acceptors (Lipinski definition) is 11. The van der Waals surface area contributed by atoms with Gasteiger partial charge in [0.15, 0.2) is 0 Å². The van der Waals surface area contributed by atoms with Crippen molar-refractivity contribution >= 4 is 59.4 Å². The van der Waals surface area contributed by atoms with Crippen LogP contribution < -0.4 is 21.3 Å². The summed E-state index contributed by atoms with van der Waals surface area (Å²) in [6.45, 7) is 39.4. The second-order valence-corrected chi connectivity index (χ2v) is 31.7. The lowest BCUT2D eigenvalue weighted by atomic mass is 9.80. The number of carboxylic acid groups (broad SMARTS) is 1. The lowest BCUT2D eigenvalue weighted by Crippen LogP contribution is -2.62. The van der Waals surface area contributed by atoms with Crippen LogP contribution in [-0.2, 0) is 49.7 Å². The number of hydrogen-bond donors (Lipinski definition) is 5. The van der Waals surface area contributed by atoms with Crippen LogP contribution in [0.1, 0.15) is 170 Å². The van der Waals surface area contributed by atoms with Gasteiger partial charge in [0.25, 0.3) is 0 Å². The predicted octanol–water partition coefficient (Wildman–Crippen LogP) is 7.37. The van der Waals surface area contributed by atoms with E-state index in [1.807, 2.05) is 155 Å². The molecule has 0 spiro atoms. The zero-order chi connectivity index (χ0) is 62.9. The third-order valence-electron chi connectivity index (χ3n) is 18.6. The number of benzene rings is 1. The first-order chi connectivity index (χ1) is 37.7. The number of fused-ring (bicyclic) bond motifs is 2. The Bertz CT molecular complexity index is 2670. The van der Waals surface area contributed by atoms with Crippen LogP contribution in [0.5, 0.6) is 0 Å². The number of imide groups is 2. The number of esters is 1. The molecule has 6 fully saturated rings. The topological polar surface area (TPSA) is 261 Å². The van der Waals surface area contributed by atoms with Gasteiger partial charge in [-0.05, 0) is 60.7 Å². The van der Waals surface area contributed by atoms with E-state index in [1.165, 1.54) is 14.7 Å². The lowest BCUT2D eigenvalue weighted by molar-refractivity contribution is -0.158. The molecule has 1 aromatic rings. The van der Waals surface area contributed by atoms with Gasteiger partial charge >= 0.3 is 24.0 Å². The number of rotatable bonds is 14. The number of carbonyl (C=O) groups excluding carboxylic acids is 9. The number of amides is 10. The third-order valence-corrected chi connectivity index (χ3v) is 18.6. The van der Waals surface area contributed by atoms with Crippen LogP contribution in [-0.4, -0.2) is 147 Å². The number of ether oxygens (including phenoxy) is 1. The number of likely N-dealkylation sites (tertiary alicyclic amines) is 4. The lowest BCUT2D eigenvalue weighted by Gasteiger charge is -2.40. The van der Waals surface area contributed by atoms with Gasteiger partial charge in [-0.25, -0.2) is 19.2 Å². The number of urea groups is 2. The van der Waals surface area contributed by atoms with Crippen molar-refractivity contribution in [1.29, 1.82) is 0 Å². The number of carbonyl (C=O) groups is 10. The van der Waals surface area contributed by atoms with E-state index in [2.05, 4.69) is 35.1 Å². The van der Waals surface area contributed by atoms with Gasteiger partial charge in [0.1, 0.15) is 30.8 Å². The first kappa shape index (κ1) is 66.1. The molecule has 10 atom stereocenters. The highest BCUT2D eigenvalue weighted by atomic mass is 16.5. The molecule has 4 heterocycles. The second-order valence-electron chi connectivity index (χ2n) is 31.7. The number of nitrogens with one attached hydrogen (secondary N) is 4. The molecular weight excluding hydrogens is 1060 g/mol. The zero-order valence-corrected chi connectivity index (χ0v) is 53.3. The van der Waals surface area contributed by atoms with Gasteiger partial charge in [-0.3, -0.25) is 38.6 Å². The standard InChI is InChI=1S/C35H52N4O6.C28H46N4O6/c1-32(2,3)23(19-38-24(40)16-34(7,8)17-25(38)41)36-31(44)37-28(33(4,5)6)29(42)39-18-22-26(35(22,9)10)27(39)30(43)45-20-21-14-12-11-13-15-21;1-25(2,3)16(14-31-17(33)11-27(7,8)12-18(31)34)29-24(38)30-21(26(4,5)6)22(35)32-13-15-19(28(15,9)10)20(32)23(36)37/h11-15,22-23,26-28H,16-20H2,1-10H3,(H2,36,37,44);15-16,19-21H,11-14H2,1-10H3,(H,36,37)(H2,29,30,38)/t22-,23+,26-,27?,28+;15-,16+,19-,20?,21+/m00/s1. The normalized spacial score (nSPS) is 26.5. The van der Waals surface area contributed by atoms with Crippen molar-refractivity contribution in [3.63, 3.8) is 0 Å². The van der Waals surface area contributed by atoms with E-state index in [1.54, 1.807) is 4.90 Å². The van der Waals surface area contributed by atoms with E-state index < -0.39 is 98.6 Å². The fraction of sp³-hybridized carbons (Fsp3) is 0.746. The van der Waals surface area contributed by atoms with Gasteiger partial charge in [-0.2, -0.15) is 0 Å². The molecule has 0 aromatic heterocycles. The molecule has 20 heteroatoms. The summed E-state index contributed by atoms with van der Waals surface area (Å²) in [6.07, 6.45) is 1.02. The summed E-state index contributed by atoms with van der Waals surface area (Å²) < 4.78 is 5.73. The van der Waals surface area contributed by atoms with Crippen molar-refractivity contribution in [1.82, 2.24) is 40.9 Å². The van der Waals surface area contributed by atoms with Gasteiger partial charge in [-0.15, -0.1) is 0 Å². The van der Waals surface area contributed by atoms with Gasteiger partial charge in [0.2, 0.25) is 35.4 Å². The maximum Gasteiger partial charge on any atom is 0.329 e. The van der Waals surface area contributed by atoms with Crippen LogP contribution in [0, 0.1) is 67.0 Å².